The number of fused-ring (bicyclic) bond motifs is 1. The molecule has 1 fully saturated rings. The molecule has 0 N–H and O–H groups in total. The minimum absolute atomic E-state index is 0.231. The predicted molar refractivity (Wildman–Crippen MR) is 77.7 cm³/mol. The third-order valence-electron chi connectivity index (χ3n) is 3.71. The standard InChI is InChI=1S/C16H21NO4/c1-16(2,3)21-15(18)17-7-6-12(9-17)11-4-5-13-14(8-11)20-10-19-13/h4-5,8,12H,6-7,9-10H2,1-3H3/t12-/m0/s1. The number of carbonyl (C=O) groups is 1. The molecule has 1 amide bonds. The highest BCUT2D eigenvalue weighted by molar-refractivity contribution is 5.68. The lowest BCUT2D eigenvalue weighted by Crippen LogP contribution is -2.35. The third kappa shape index (κ3) is 3.06. The van der Waals surface area contributed by atoms with E-state index in [-0.39, 0.29) is 12.9 Å². The Morgan fingerprint density at radius 2 is 2.05 bits per heavy atom. The highest BCUT2D eigenvalue weighted by Gasteiger charge is 2.31. The second-order valence-corrected chi connectivity index (χ2v) is 6.52. The summed E-state index contributed by atoms with van der Waals surface area (Å²) in [7, 11) is 0. The van der Waals surface area contributed by atoms with Crippen molar-refractivity contribution >= 4 is 6.09 Å². The Bertz CT molecular complexity index is 550. The van der Waals surface area contributed by atoms with Crippen molar-refractivity contribution < 1.29 is 19.0 Å². The minimum atomic E-state index is -0.450. The molecule has 0 unspecified atom stereocenters. The lowest BCUT2D eigenvalue weighted by Gasteiger charge is -2.24. The summed E-state index contributed by atoms with van der Waals surface area (Å²) in [6.07, 6.45) is 0.713. The molecule has 1 aromatic carbocycles. The smallest absolute Gasteiger partial charge is 0.410 e. The lowest BCUT2D eigenvalue weighted by molar-refractivity contribution is 0.0292. The van der Waals surface area contributed by atoms with Gasteiger partial charge in [0.05, 0.1) is 0 Å². The first kappa shape index (κ1) is 14.0. The molecule has 0 radical (unpaired) electrons. The van der Waals surface area contributed by atoms with Crippen LogP contribution >= 0.6 is 0 Å². The van der Waals surface area contributed by atoms with E-state index in [2.05, 4.69) is 6.07 Å². The Morgan fingerprint density at radius 1 is 1.29 bits per heavy atom. The van der Waals surface area contributed by atoms with Gasteiger partial charge < -0.3 is 19.1 Å². The summed E-state index contributed by atoms with van der Waals surface area (Å²) in [5.74, 6) is 1.91. The third-order valence-corrected chi connectivity index (χ3v) is 3.71. The molecule has 3 rings (SSSR count). The van der Waals surface area contributed by atoms with E-state index >= 15 is 0 Å². The van der Waals surface area contributed by atoms with E-state index in [1.54, 1.807) is 4.90 Å². The van der Waals surface area contributed by atoms with E-state index in [9.17, 15) is 4.79 Å². The fourth-order valence-corrected chi connectivity index (χ4v) is 2.69. The van der Waals surface area contributed by atoms with Gasteiger partial charge in [0.25, 0.3) is 0 Å². The molecule has 114 valence electrons. The molecule has 2 aliphatic heterocycles. The van der Waals surface area contributed by atoms with E-state index in [0.717, 1.165) is 24.5 Å². The SMILES string of the molecule is CC(C)(C)OC(=O)N1CC[C@H](c2ccc3c(c2)OCO3)C1. The van der Waals surface area contributed by atoms with Crippen molar-refractivity contribution in [2.75, 3.05) is 19.9 Å². The minimum Gasteiger partial charge on any atom is -0.454 e. The molecule has 2 aliphatic rings. The Kier molecular flexibility index (Phi) is 3.43. The number of rotatable bonds is 1. The van der Waals surface area contributed by atoms with E-state index in [1.807, 2.05) is 32.9 Å². The number of carbonyl (C=O) groups excluding carboxylic acids is 1. The van der Waals surface area contributed by atoms with Gasteiger partial charge in [0.15, 0.2) is 11.5 Å². The van der Waals surface area contributed by atoms with Crippen LogP contribution in [0.3, 0.4) is 0 Å². The van der Waals surface area contributed by atoms with Crippen LogP contribution in [0.25, 0.3) is 0 Å². The molecular formula is C16H21NO4. The number of amides is 1. The van der Waals surface area contributed by atoms with Crippen LogP contribution in [0.5, 0.6) is 11.5 Å². The first-order valence-electron chi connectivity index (χ1n) is 7.30. The molecule has 21 heavy (non-hydrogen) atoms. The van der Waals surface area contributed by atoms with Gasteiger partial charge in [-0.1, -0.05) is 6.07 Å². The highest BCUT2D eigenvalue weighted by atomic mass is 16.7. The maximum Gasteiger partial charge on any atom is 0.410 e. The number of likely N-dealkylation sites (tertiary alicyclic amines) is 1. The summed E-state index contributed by atoms with van der Waals surface area (Å²) in [5, 5.41) is 0. The average Bonchev–Trinajstić information content (AvgIpc) is 3.05. The average molecular weight is 291 g/mol. The largest absolute Gasteiger partial charge is 0.454 e. The zero-order valence-electron chi connectivity index (χ0n) is 12.7. The Balaban J connectivity index is 1.66. The van der Waals surface area contributed by atoms with E-state index in [0.29, 0.717) is 12.5 Å². The first-order chi connectivity index (χ1) is 9.92. The second-order valence-electron chi connectivity index (χ2n) is 6.52. The van der Waals surface area contributed by atoms with Gasteiger partial charge in [-0.05, 0) is 44.9 Å². The van der Waals surface area contributed by atoms with Crippen molar-refractivity contribution in [2.24, 2.45) is 0 Å². The van der Waals surface area contributed by atoms with E-state index < -0.39 is 5.60 Å². The number of nitrogens with zero attached hydrogens (tertiary/aromatic N) is 1. The van der Waals surface area contributed by atoms with Crippen molar-refractivity contribution in [3.63, 3.8) is 0 Å². The van der Waals surface area contributed by atoms with Gasteiger partial charge in [-0.15, -0.1) is 0 Å². The van der Waals surface area contributed by atoms with Crippen molar-refractivity contribution in [3.8, 4) is 11.5 Å². The van der Waals surface area contributed by atoms with Crippen LogP contribution in [-0.4, -0.2) is 36.5 Å². The summed E-state index contributed by atoms with van der Waals surface area (Å²) < 4.78 is 16.2. The van der Waals surface area contributed by atoms with Crippen LogP contribution < -0.4 is 9.47 Å². The normalized spacial score (nSPS) is 20.7. The van der Waals surface area contributed by atoms with Crippen LogP contribution in [0.2, 0.25) is 0 Å². The maximum absolute atomic E-state index is 12.1. The lowest BCUT2D eigenvalue weighted by atomic mass is 9.98. The summed E-state index contributed by atoms with van der Waals surface area (Å²) in [6.45, 7) is 7.36. The molecule has 0 saturated carbocycles. The molecule has 1 atom stereocenters. The topological polar surface area (TPSA) is 48.0 Å². The monoisotopic (exact) mass is 291 g/mol. The van der Waals surface area contributed by atoms with Crippen molar-refractivity contribution in [3.05, 3.63) is 23.8 Å². The van der Waals surface area contributed by atoms with Crippen LogP contribution in [0.15, 0.2) is 18.2 Å². The van der Waals surface area contributed by atoms with Gasteiger partial charge in [-0.25, -0.2) is 4.79 Å². The molecule has 0 bridgehead atoms. The van der Waals surface area contributed by atoms with E-state index in [1.165, 1.54) is 5.56 Å². The molecule has 2 heterocycles. The van der Waals surface area contributed by atoms with E-state index in [4.69, 9.17) is 14.2 Å². The van der Waals surface area contributed by atoms with Gasteiger partial charge in [0.1, 0.15) is 5.60 Å². The summed E-state index contributed by atoms with van der Waals surface area (Å²) in [4.78, 5) is 13.9. The quantitative estimate of drug-likeness (QED) is 0.797. The summed E-state index contributed by atoms with van der Waals surface area (Å²) in [5.41, 5.74) is 0.735. The predicted octanol–water partition coefficient (Wildman–Crippen LogP) is 3.14. The number of hydrogen-bond donors (Lipinski definition) is 0. The second kappa shape index (κ2) is 5.13. The molecule has 5 nitrogen and oxygen atoms in total. The van der Waals surface area contributed by atoms with Gasteiger partial charge in [0.2, 0.25) is 6.79 Å². The van der Waals surface area contributed by atoms with Gasteiger partial charge in [0, 0.05) is 19.0 Å². The zero-order valence-corrected chi connectivity index (χ0v) is 12.7. The molecule has 0 spiro atoms. The van der Waals surface area contributed by atoms with Crippen LogP contribution in [0.1, 0.15) is 38.7 Å². The molecule has 5 heteroatoms. The van der Waals surface area contributed by atoms with Crippen LogP contribution in [-0.2, 0) is 4.74 Å². The first-order valence-corrected chi connectivity index (χ1v) is 7.30. The summed E-state index contributed by atoms with van der Waals surface area (Å²) >= 11 is 0. The van der Waals surface area contributed by atoms with Crippen LogP contribution in [0, 0.1) is 0 Å². The molecular weight excluding hydrogens is 270 g/mol. The fraction of sp³-hybridized carbons (Fsp3) is 0.562. The zero-order chi connectivity index (χ0) is 15.0. The fourth-order valence-electron chi connectivity index (χ4n) is 2.69. The van der Waals surface area contributed by atoms with Crippen molar-refractivity contribution in [1.29, 1.82) is 0 Å². The maximum atomic E-state index is 12.1. The Morgan fingerprint density at radius 3 is 2.81 bits per heavy atom. The van der Waals surface area contributed by atoms with Crippen molar-refractivity contribution in [1.82, 2.24) is 4.90 Å². The van der Waals surface area contributed by atoms with Crippen LogP contribution in [0.4, 0.5) is 4.79 Å². The van der Waals surface area contributed by atoms with Gasteiger partial charge in [-0.3, -0.25) is 0 Å². The highest BCUT2D eigenvalue weighted by Crippen LogP contribution is 2.37. The molecule has 1 saturated heterocycles. The number of benzene rings is 1. The molecule has 0 aromatic heterocycles. The van der Waals surface area contributed by atoms with Crippen molar-refractivity contribution in [2.45, 2.75) is 38.7 Å². The number of ether oxygens (including phenoxy) is 3. The molecule has 1 aromatic rings. The Labute approximate surface area is 124 Å². The number of hydrogen-bond acceptors (Lipinski definition) is 4. The molecule has 0 aliphatic carbocycles. The van der Waals surface area contributed by atoms with Gasteiger partial charge >= 0.3 is 6.09 Å². The Hall–Kier alpha value is -1.91. The summed E-state index contributed by atoms with van der Waals surface area (Å²) in [6, 6.07) is 6.01. The van der Waals surface area contributed by atoms with Gasteiger partial charge in [-0.2, -0.15) is 0 Å².